The Morgan fingerprint density at radius 1 is 1.46 bits per heavy atom. The van der Waals surface area contributed by atoms with Gasteiger partial charge in [0.1, 0.15) is 0 Å². The number of rotatable bonds is 4. The van der Waals surface area contributed by atoms with Gasteiger partial charge in [-0.25, -0.2) is 0 Å². The second kappa shape index (κ2) is 5.68. The quantitative estimate of drug-likeness (QED) is 0.840. The molecule has 1 N–H and O–H groups in total. The van der Waals surface area contributed by atoms with E-state index in [1.807, 2.05) is 25.1 Å². The van der Waals surface area contributed by atoms with E-state index in [1.54, 1.807) is 11.8 Å². The van der Waals surface area contributed by atoms with E-state index in [-0.39, 0.29) is 6.61 Å². The third-order valence-electron chi connectivity index (χ3n) is 1.67. The Balaban J connectivity index is 2.50. The standard InChI is InChI=1S/C10H13BrOS/c1-8(6-12)7-13-10-5-3-2-4-9(10)11/h2-5,8,12H,6-7H2,1H3. The van der Waals surface area contributed by atoms with Crippen LogP contribution >= 0.6 is 27.7 Å². The van der Waals surface area contributed by atoms with Crippen LogP contribution in [0.15, 0.2) is 33.6 Å². The predicted molar refractivity (Wildman–Crippen MR) is 61.1 cm³/mol. The average Bonchev–Trinajstić information content (AvgIpc) is 2.16. The van der Waals surface area contributed by atoms with Crippen LogP contribution in [-0.2, 0) is 0 Å². The van der Waals surface area contributed by atoms with E-state index in [2.05, 4.69) is 22.0 Å². The molecule has 0 aromatic heterocycles. The Labute approximate surface area is 91.7 Å². The van der Waals surface area contributed by atoms with Crippen LogP contribution in [0.4, 0.5) is 0 Å². The fourth-order valence-electron chi connectivity index (χ4n) is 0.847. The zero-order valence-electron chi connectivity index (χ0n) is 7.53. The number of thioether (sulfide) groups is 1. The Hall–Kier alpha value is 0.01000. The number of aliphatic hydroxyl groups excluding tert-OH is 1. The largest absolute Gasteiger partial charge is 0.396 e. The van der Waals surface area contributed by atoms with Crippen molar-refractivity contribution >= 4 is 27.7 Å². The lowest BCUT2D eigenvalue weighted by Gasteiger charge is -2.07. The van der Waals surface area contributed by atoms with E-state index in [1.165, 1.54) is 4.90 Å². The second-order valence-corrected chi connectivity index (χ2v) is 4.95. The van der Waals surface area contributed by atoms with Crippen molar-refractivity contribution in [1.29, 1.82) is 0 Å². The van der Waals surface area contributed by atoms with Gasteiger partial charge in [0.25, 0.3) is 0 Å². The first-order valence-electron chi connectivity index (χ1n) is 4.22. The lowest BCUT2D eigenvalue weighted by atomic mass is 10.2. The van der Waals surface area contributed by atoms with Crippen LogP contribution in [0.1, 0.15) is 6.92 Å². The first kappa shape index (κ1) is 11.1. The van der Waals surface area contributed by atoms with Crippen molar-refractivity contribution in [3.8, 4) is 0 Å². The number of hydrogen-bond acceptors (Lipinski definition) is 2. The van der Waals surface area contributed by atoms with E-state index in [0.29, 0.717) is 5.92 Å². The Kier molecular flexibility index (Phi) is 4.84. The molecule has 0 heterocycles. The molecule has 0 saturated carbocycles. The number of aliphatic hydroxyl groups is 1. The molecule has 0 aliphatic heterocycles. The fourth-order valence-corrected chi connectivity index (χ4v) is 2.42. The van der Waals surface area contributed by atoms with E-state index in [4.69, 9.17) is 5.11 Å². The summed E-state index contributed by atoms with van der Waals surface area (Å²) < 4.78 is 1.13. The Morgan fingerprint density at radius 3 is 2.77 bits per heavy atom. The smallest absolute Gasteiger partial charge is 0.0464 e. The van der Waals surface area contributed by atoms with Gasteiger partial charge in [-0.3, -0.25) is 0 Å². The van der Waals surface area contributed by atoms with E-state index >= 15 is 0 Å². The third kappa shape index (κ3) is 3.71. The Morgan fingerprint density at radius 2 is 2.15 bits per heavy atom. The summed E-state index contributed by atoms with van der Waals surface area (Å²) in [5.41, 5.74) is 0. The monoisotopic (exact) mass is 260 g/mol. The van der Waals surface area contributed by atoms with Gasteiger partial charge >= 0.3 is 0 Å². The molecular weight excluding hydrogens is 248 g/mol. The SMILES string of the molecule is CC(CO)CSc1ccccc1Br. The molecule has 0 amide bonds. The number of hydrogen-bond donors (Lipinski definition) is 1. The van der Waals surface area contributed by atoms with E-state index < -0.39 is 0 Å². The van der Waals surface area contributed by atoms with Gasteiger partial charge in [-0.15, -0.1) is 11.8 Å². The zero-order valence-corrected chi connectivity index (χ0v) is 9.94. The molecule has 72 valence electrons. The maximum Gasteiger partial charge on any atom is 0.0464 e. The van der Waals surface area contributed by atoms with Gasteiger partial charge in [-0.1, -0.05) is 19.1 Å². The second-order valence-electron chi connectivity index (χ2n) is 3.03. The molecule has 1 nitrogen and oxygen atoms in total. The van der Waals surface area contributed by atoms with Crippen molar-refractivity contribution < 1.29 is 5.11 Å². The van der Waals surface area contributed by atoms with Crippen LogP contribution in [-0.4, -0.2) is 17.5 Å². The average molecular weight is 261 g/mol. The van der Waals surface area contributed by atoms with Gasteiger partial charge in [0, 0.05) is 21.7 Å². The lowest BCUT2D eigenvalue weighted by molar-refractivity contribution is 0.250. The highest BCUT2D eigenvalue weighted by atomic mass is 79.9. The van der Waals surface area contributed by atoms with Crippen molar-refractivity contribution in [2.45, 2.75) is 11.8 Å². The van der Waals surface area contributed by atoms with Gasteiger partial charge in [-0.05, 0) is 34.0 Å². The van der Waals surface area contributed by atoms with Gasteiger partial charge in [-0.2, -0.15) is 0 Å². The lowest BCUT2D eigenvalue weighted by Crippen LogP contribution is -2.03. The molecule has 0 aliphatic rings. The van der Waals surface area contributed by atoms with Crippen LogP contribution in [0.5, 0.6) is 0 Å². The van der Waals surface area contributed by atoms with Crippen molar-refractivity contribution in [2.75, 3.05) is 12.4 Å². The predicted octanol–water partition coefficient (Wildman–Crippen LogP) is 3.17. The summed E-state index contributed by atoms with van der Waals surface area (Å²) in [4.78, 5) is 1.24. The first-order valence-corrected chi connectivity index (χ1v) is 6.00. The van der Waals surface area contributed by atoms with Crippen LogP contribution in [0.3, 0.4) is 0 Å². The summed E-state index contributed by atoms with van der Waals surface area (Å²) in [6.45, 7) is 2.31. The zero-order chi connectivity index (χ0) is 9.68. The molecule has 0 bridgehead atoms. The van der Waals surface area contributed by atoms with Crippen molar-refractivity contribution in [3.05, 3.63) is 28.7 Å². The third-order valence-corrected chi connectivity index (χ3v) is 4.03. The van der Waals surface area contributed by atoms with Crippen LogP contribution in [0.2, 0.25) is 0 Å². The first-order chi connectivity index (χ1) is 6.24. The highest BCUT2D eigenvalue weighted by molar-refractivity contribution is 9.10. The molecule has 13 heavy (non-hydrogen) atoms. The summed E-state index contributed by atoms with van der Waals surface area (Å²) >= 11 is 5.26. The molecule has 0 fully saturated rings. The minimum Gasteiger partial charge on any atom is -0.396 e. The molecular formula is C10H13BrOS. The van der Waals surface area contributed by atoms with Gasteiger partial charge in [0.05, 0.1) is 0 Å². The summed E-state index contributed by atoms with van der Waals surface area (Å²) in [5, 5.41) is 8.86. The van der Waals surface area contributed by atoms with Crippen LogP contribution < -0.4 is 0 Å². The normalized spacial score (nSPS) is 12.8. The number of benzene rings is 1. The van der Waals surface area contributed by atoms with E-state index in [9.17, 15) is 0 Å². The van der Waals surface area contributed by atoms with Crippen LogP contribution in [0.25, 0.3) is 0 Å². The summed E-state index contributed by atoms with van der Waals surface area (Å²) in [5.74, 6) is 1.32. The topological polar surface area (TPSA) is 20.2 Å². The van der Waals surface area contributed by atoms with Gasteiger partial charge in [0.2, 0.25) is 0 Å². The molecule has 1 rings (SSSR count). The molecule has 1 aromatic carbocycles. The highest BCUT2D eigenvalue weighted by Gasteiger charge is 2.03. The van der Waals surface area contributed by atoms with Crippen molar-refractivity contribution in [3.63, 3.8) is 0 Å². The van der Waals surface area contributed by atoms with Gasteiger partial charge < -0.3 is 5.11 Å². The molecule has 0 aliphatic carbocycles. The maximum absolute atomic E-state index is 8.86. The summed E-state index contributed by atoms with van der Waals surface area (Å²) in [6.07, 6.45) is 0. The summed E-state index contributed by atoms with van der Waals surface area (Å²) in [6, 6.07) is 8.14. The van der Waals surface area contributed by atoms with Crippen LogP contribution in [0, 0.1) is 5.92 Å². The van der Waals surface area contributed by atoms with Gasteiger partial charge in [0.15, 0.2) is 0 Å². The highest BCUT2D eigenvalue weighted by Crippen LogP contribution is 2.28. The molecule has 1 atom stereocenters. The van der Waals surface area contributed by atoms with Crippen molar-refractivity contribution in [1.82, 2.24) is 0 Å². The molecule has 0 spiro atoms. The van der Waals surface area contributed by atoms with Crippen molar-refractivity contribution in [2.24, 2.45) is 5.92 Å². The molecule has 1 aromatic rings. The van der Waals surface area contributed by atoms with E-state index in [0.717, 1.165) is 10.2 Å². The molecule has 0 saturated heterocycles. The number of halogens is 1. The Bertz CT molecular complexity index is 265. The maximum atomic E-state index is 8.86. The minimum absolute atomic E-state index is 0.261. The molecule has 1 unspecified atom stereocenters. The fraction of sp³-hybridized carbons (Fsp3) is 0.400. The summed E-state index contributed by atoms with van der Waals surface area (Å²) in [7, 11) is 0. The minimum atomic E-state index is 0.261. The molecule has 0 radical (unpaired) electrons. The molecule has 3 heteroatoms.